The molecular formula is C26H36N6O2. The Kier molecular flexibility index (Phi) is 7.92. The van der Waals surface area contributed by atoms with Crippen molar-refractivity contribution in [3.8, 4) is 5.75 Å². The first-order valence-electron chi connectivity index (χ1n) is 12.1. The summed E-state index contributed by atoms with van der Waals surface area (Å²) in [6.07, 6.45) is 3.70. The summed E-state index contributed by atoms with van der Waals surface area (Å²) in [4.78, 5) is 20.3. The van der Waals surface area contributed by atoms with Crippen molar-refractivity contribution in [2.75, 3.05) is 65.3 Å². The number of anilines is 1. The van der Waals surface area contributed by atoms with E-state index >= 15 is 0 Å². The largest absolute Gasteiger partial charge is 0.497 e. The van der Waals surface area contributed by atoms with E-state index in [1.807, 2.05) is 30.3 Å². The number of likely N-dealkylation sites (N-methyl/N-ethyl adjacent to an activating group) is 1. The summed E-state index contributed by atoms with van der Waals surface area (Å²) in [7, 11) is 3.81. The maximum atomic E-state index is 13.0. The van der Waals surface area contributed by atoms with Crippen LogP contribution in [-0.2, 0) is 4.79 Å². The molecule has 34 heavy (non-hydrogen) atoms. The summed E-state index contributed by atoms with van der Waals surface area (Å²) < 4.78 is 5.39. The van der Waals surface area contributed by atoms with Gasteiger partial charge in [0.05, 0.1) is 13.7 Å². The second-order valence-corrected chi connectivity index (χ2v) is 9.39. The smallest absolute Gasteiger partial charge is 0.238 e. The second kappa shape index (κ2) is 11.1. The lowest BCUT2D eigenvalue weighted by Crippen LogP contribution is -2.52. The van der Waals surface area contributed by atoms with E-state index in [0.29, 0.717) is 29.5 Å². The average Bonchev–Trinajstić information content (AvgIpc) is 2.85. The van der Waals surface area contributed by atoms with Gasteiger partial charge in [0.2, 0.25) is 5.91 Å². The van der Waals surface area contributed by atoms with Gasteiger partial charge in [0.15, 0.2) is 0 Å². The van der Waals surface area contributed by atoms with Crippen molar-refractivity contribution in [2.45, 2.75) is 25.3 Å². The minimum Gasteiger partial charge on any atom is -0.497 e. The van der Waals surface area contributed by atoms with E-state index in [0.717, 1.165) is 68.6 Å². The standard InChI is InChI=1S/C26H36N6O2/c1-30-11-13-32(14-12-30)21-6-9-31(10-7-21)18-26(33)29-25-16-20(24(28)5-8-27)15-19-3-4-22(34-2)17-23(19)25/h3-4,8,15-17,21,27-28H,5-7,9-14,18H2,1-2H3,(H,29,33). The number of benzene rings is 2. The highest BCUT2D eigenvalue weighted by molar-refractivity contribution is 6.11. The first-order valence-corrected chi connectivity index (χ1v) is 12.1. The summed E-state index contributed by atoms with van der Waals surface area (Å²) in [6, 6.07) is 10.1. The zero-order valence-corrected chi connectivity index (χ0v) is 20.3. The monoisotopic (exact) mass is 464 g/mol. The Morgan fingerprint density at radius 3 is 2.53 bits per heavy atom. The number of hydrogen-bond donors (Lipinski definition) is 3. The number of nitrogens with one attached hydrogen (secondary N) is 3. The zero-order chi connectivity index (χ0) is 24.1. The predicted molar refractivity (Wildman–Crippen MR) is 138 cm³/mol. The zero-order valence-electron chi connectivity index (χ0n) is 20.3. The number of hydrogen-bond acceptors (Lipinski definition) is 7. The minimum absolute atomic E-state index is 0.0436. The van der Waals surface area contributed by atoms with E-state index in [1.54, 1.807) is 7.11 Å². The summed E-state index contributed by atoms with van der Waals surface area (Å²) in [5.41, 5.74) is 1.75. The number of fused-ring (bicyclic) bond motifs is 1. The first-order chi connectivity index (χ1) is 16.5. The van der Waals surface area contributed by atoms with Gasteiger partial charge in [-0.3, -0.25) is 14.6 Å². The third-order valence-corrected chi connectivity index (χ3v) is 7.07. The lowest BCUT2D eigenvalue weighted by atomic mass is 10.00. The number of carbonyl (C=O) groups is 1. The van der Waals surface area contributed by atoms with Crippen LogP contribution in [0.2, 0.25) is 0 Å². The molecule has 0 aromatic heterocycles. The Bertz CT molecular complexity index is 1040. The summed E-state index contributed by atoms with van der Waals surface area (Å²) in [5, 5.41) is 20.5. The second-order valence-electron chi connectivity index (χ2n) is 9.39. The number of carbonyl (C=O) groups excluding carboxylic acids is 1. The molecule has 2 saturated heterocycles. The van der Waals surface area contributed by atoms with Gasteiger partial charge in [-0.15, -0.1) is 0 Å². The molecule has 3 N–H and O–H groups in total. The molecule has 2 aliphatic rings. The number of piperazine rings is 1. The van der Waals surface area contributed by atoms with Crippen LogP contribution in [0.25, 0.3) is 10.8 Å². The van der Waals surface area contributed by atoms with Crippen LogP contribution in [0, 0.1) is 10.8 Å². The number of amides is 1. The van der Waals surface area contributed by atoms with Crippen molar-refractivity contribution < 1.29 is 9.53 Å². The van der Waals surface area contributed by atoms with Crippen molar-refractivity contribution in [1.82, 2.24) is 14.7 Å². The van der Waals surface area contributed by atoms with Crippen LogP contribution >= 0.6 is 0 Å². The average molecular weight is 465 g/mol. The highest BCUT2D eigenvalue weighted by atomic mass is 16.5. The van der Waals surface area contributed by atoms with Crippen molar-refractivity contribution in [3.05, 3.63) is 35.9 Å². The van der Waals surface area contributed by atoms with Crippen LogP contribution in [0.3, 0.4) is 0 Å². The van der Waals surface area contributed by atoms with Crippen LogP contribution in [-0.4, -0.2) is 98.5 Å². The van der Waals surface area contributed by atoms with Crippen molar-refractivity contribution in [3.63, 3.8) is 0 Å². The van der Waals surface area contributed by atoms with E-state index in [9.17, 15) is 4.79 Å². The molecule has 0 bridgehead atoms. The maximum absolute atomic E-state index is 13.0. The molecule has 0 aliphatic carbocycles. The first kappa shape index (κ1) is 24.3. The van der Waals surface area contributed by atoms with Gasteiger partial charge in [0.1, 0.15) is 5.75 Å². The molecule has 182 valence electrons. The molecule has 0 spiro atoms. The molecule has 0 saturated carbocycles. The quantitative estimate of drug-likeness (QED) is 0.522. The molecule has 0 unspecified atom stereocenters. The number of methoxy groups -OCH3 is 1. The topological polar surface area (TPSA) is 95.7 Å². The maximum Gasteiger partial charge on any atom is 0.238 e. The van der Waals surface area contributed by atoms with Crippen LogP contribution in [0.5, 0.6) is 5.75 Å². The van der Waals surface area contributed by atoms with Crippen molar-refractivity contribution in [2.24, 2.45) is 0 Å². The molecule has 2 aromatic carbocycles. The summed E-state index contributed by atoms with van der Waals surface area (Å²) in [6.45, 7) is 6.79. The highest BCUT2D eigenvalue weighted by Gasteiger charge is 2.27. The van der Waals surface area contributed by atoms with E-state index in [1.165, 1.54) is 6.21 Å². The van der Waals surface area contributed by atoms with Gasteiger partial charge in [-0.05, 0) is 55.1 Å². The predicted octanol–water partition coefficient (Wildman–Crippen LogP) is 2.91. The number of ether oxygens (including phenoxy) is 1. The van der Waals surface area contributed by atoms with E-state index in [-0.39, 0.29) is 12.3 Å². The fraction of sp³-hybridized carbons (Fsp3) is 0.500. The Hall–Kier alpha value is -2.81. The van der Waals surface area contributed by atoms with Gasteiger partial charge < -0.3 is 25.8 Å². The van der Waals surface area contributed by atoms with Crippen LogP contribution in [0.4, 0.5) is 5.69 Å². The third kappa shape index (κ3) is 5.81. The van der Waals surface area contributed by atoms with E-state index < -0.39 is 0 Å². The van der Waals surface area contributed by atoms with Gasteiger partial charge in [0, 0.05) is 74.7 Å². The van der Waals surface area contributed by atoms with Gasteiger partial charge in [-0.2, -0.15) is 0 Å². The number of piperidine rings is 1. The number of likely N-dealkylation sites (tertiary alicyclic amines) is 1. The molecule has 2 heterocycles. The number of nitrogens with zero attached hydrogens (tertiary/aromatic N) is 3. The van der Waals surface area contributed by atoms with Crippen molar-refractivity contribution in [1.29, 1.82) is 10.8 Å². The normalized spacial score (nSPS) is 18.6. The molecule has 8 heteroatoms. The van der Waals surface area contributed by atoms with Crippen LogP contribution in [0.1, 0.15) is 24.8 Å². The SMILES string of the molecule is COc1ccc2cc(C(=N)CC=N)cc(NC(=O)CN3CCC(N4CCN(C)CC4)CC3)c2c1. The highest BCUT2D eigenvalue weighted by Crippen LogP contribution is 2.30. The van der Waals surface area contributed by atoms with Gasteiger partial charge in [-0.25, -0.2) is 0 Å². The van der Waals surface area contributed by atoms with Crippen LogP contribution in [0.15, 0.2) is 30.3 Å². The van der Waals surface area contributed by atoms with Crippen molar-refractivity contribution >= 4 is 34.3 Å². The third-order valence-electron chi connectivity index (χ3n) is 7.07. The van der Waals surface area contributed by atoms with Gasteiger partial charge in [0.25, 0.3) is 0 Å². The fourth-order valence-corrected chi connectivity index (χ4v) is 4.98. The molecule has 8 nitrogen and oxygen atoms in total. The molecule has 2 aliphatic heterocycles. The lowest BCUT2D eigenvalue weighted by Gasteiger charge is -2.41. The van der Waals surface area contributed by atoms with Gasteiger partial charge >= 0.3 is 0 Å². The summed E-state index contributed by atoms with van der Waals surface area (Å²) >= 11 is 0. The van der Waals surface area contributed by atoms with E-state index in [2.05, 4.69) is 27.1 Å². The number of rotatable bonds is 8. The Morgan fingerprint density at radius 1 is 1.12 bits per heavy atom. The molecule has 2 aromatic rings. The molecule has 4 rings (SSSR count). The van der Waals surface area contributed by atoms with E-state index in [4.69, 9.17) is 15.6 Å². The molecule has 0 radical (unpaired) electrons. The Balaban J connectivity index is 1.42. The van der Waals surface area contributed by atoms with Gasteiger partial charge in [-0.1, -0.05) is 6.07 Å². The molecule has 2 fully saturated rings. The summed E-state index contributed by atoms with van der Waals surface area (Å²) in [5.74, 6) is 0.675. The molecule has 0 atom stereocenters. The molecule has 1 amide bonds. The van der Waals surface area contributed by atoms with Crippen LogP contribution < -0.4 is 10.1 Å². The minimum atomic E-state index is -0.0436. The molecular weight excluding hydrogens is 428 g/mol. The Morgan fingerprint density at radius 2 is 1.85 bits per heavy atom. The Labute approximate surface area is 201 Å². The lowest BCUT2D eigenvalue weighted by molar-refractivity contribution is -0.117. The fourth-order valence-electron chi connectivity index (χ4n) is 4.98.